The fourth-order valence-electron chi connectivity index (χ4n) is 3.19. The van der Waals surface area contributed by atoms with Crippen molar-refractivity contribution in [2.24, 2.45) is 4.99 Å². The van der Waals surface area contributed by atoms with Crippen LogP contribution in [0, 0.1) is 0 Å². The number of aryl methyl sites for hydroxylation is 2. The molecule has 1 aromatic heterocycles. The molecule has 0 fully saturated rings. The Morgan fingerprint density at radius 2 is 1.70 bits per heavy atom. The number of benzene rings is 2. The van der Waals surface area contributed by atoms with Gasteiger partial charge in [0, 0.05) is 12.7 Å². The third-order valence-electron chi connectivity index (χ3n) is 4.33. The predicted octanol–water partition coefficient (Wildman–Crippen LogP) is 3.37. The van der Waals surface area contributed by atoms with Gasteiger partial charge in [-0.1, -0.05) is 48.5 Å². The lowest BCUT2D eigenvalue weighted by atomic mass is 9.98. The Morgan fingerprint density at radius 1 is 0.870 bits per heavy atom. The topological polar surface area (TPSA) is 37.3 Å². The quantitative estimate of drug-likeness (QED) is 0.802. The van der Waals surface area contributed by atoms with Gasteiger partial charge in [-0.25, -0.2) is 0 Å². The normalized spacial score (nSPS) is 13.8. The molecule has 2 heterocycles. The maximum absolute atomic E-state index is 4.54. The smallest absolute Gasteiger partial charge is 0.147 e. The molecular formula is C20H19N3. The van der Waals surface area contributed by atoms with E-state index in [4.69, 9.17) is 0 Å². The summed E-state index contributed by atoms with van der Waals surface area (Å²) >= 11 is 0. The molecule has 0 unspecified atom stereocenters. The summed E-state index contributed by atoms with van der Waals surface area (Å²) in [6, 6.07) is 19.3. The maximum atomic E-state index is 4.54. The van der Waals surface area contributed by atoms with Crippen molar-refractivity contribution in [1.29, 1.82) is 0 Å². The second-order valence-electron chi connectivity index (χ2n) is 5.81. The number of aliphatic imine (C=N–C) groups is 1. The summed E-state index contributed by atoms with van der Waals surface area (Å²) in [4.78, 5) is 9.06. The zero-order valence-electron chi connectivity index (χ0n) is 13.0. The SMILES string of the molecule is c1cnc(C2=NCCN2)c(CCc2cccc3ccccc23)c1. The lowest BCUT2D eigenvalue weighted by Crippen LogP contribution is -2.22. The van der Waals surface area contributed by atoms with Crippen LogP contribution in [0.3, 0.4) is 0 Å². The van der Waals surface area contributed by atoms with E-state index >= 15 is 0 Å². The van der Waals surface area contributed by atoms with E-state index in [0.29, 0.717) is 0 Å². The zero-order valence-corrected chi connectivity index (χ0v) is 13.0. The Labute approximate surface area is 136 Å². The molecule has 1 aliphatic heterocycles. The van der Waals surface area contributed by atoms with E-state index in [9.17, 15) is 0 Å². The van der Waals surface area contributed by atoms with Gasteiger partial charge in [0.25, 0.3) is 0 Å². The van der Waals surface area contributed by atoms with Gasteiger partial charge in [0.05, 0.1) is 6.54 Å². The molecule has 114 valence electrons. The number of hydrogen-bond acceptors (Lipinski definition) is 3. The van der Waals surface area contributed by atoms with Crippen LogP contribution in [0.4, 0.5) is 0 Å². The molecule has 0 spiro atoms. The molecule has 0 aliphatic carbocycles. The van der Waals surface area contributed by atoms with Gasteiger partial charge in [-0.15, -0.1) is 0 Å². The molecule has 0 radical (unpaired) electrons. The average molecular weight is 301 g/mol. The molecule has 0 bridgehead atoms. The first-order valence-electron chi connectivity index (χ1n) is 8.11. The van der Waals surface area contributed by atoms with Crippen LogP contribution in [-0.2, 0) is 12.8 Å². The highest BCUT2D eigenvalue weighted by molar-refractivity contribution is 5.99. The zero-order chi connectivity index (χ0) is 15.5. The number of hydrogen-bond donors (Lipinski definition) is 1. The molecule has 1 N–H and O–H groups in total. The van der Waals surface area contributed by atoms with Crippen LogP contribution in [0.25, 0.3) is 10.8 Å². The summed E-state index contributed by atoms with van der Waals surface area (Å²) in [5.74, 6) is 0.943. The fraction of sp³-hybridized carbons (Fsp3) is 0.200. The molecule has 2 aromatic carbocycles. The van der Waals surface area contributed by atoms with Gasteiger partial charge in [-0.05, 0) is 40.8 Å². The fourth-order valence-corrected chi connectivity index (χ4v) is 3.19. The van der Waals surface area contributed by atoms with Gasteiger partial charge in [0.15, 0.2) is 0 Å². The van der Waals surface area contributed by atoms with Crippen LogP contribution in [0.5, 0.6) is 0 Å². The van der Waals surface area contributed by atoms with E-state index in [1.165, 1.54) is 21.9 Å². The molecule has 0 saturated heterocycles. The minimum Gasteiger partial charge on any atom is -0.367 e. The summed E-state index contributed by atoms with van der Waals surface area (Å²) in [5.41, 5.74) is 3.65. The first-order valence-corrected chi connectivity index (χ1v) is 8.11. The lowest BCUT2D eigenvalue weighted by molar-refractivity contribution is 0.938. The first-order chi connectivity index (χ1) is 11.4. The number of aromatic nitrogens is 1. The van der Waals surface area contributed by atoms with Crippen LogP contribution >= 0.6 is 0 Å². The number of nitrogens with one attached hydrogen (secondary N) is 1. The highest BCUT2D eigenvalue weighted by atomic mass is 15.1. The van der Waals surface area contributed by atoms with Gasteiger partial charge in [-0.3, -0.25) is 9.98 Å². The van der Waals surface area contributed by atoms with Crippen molar-refractivity contribution in [3.63, 3.8) is 0 Å². The summed E-state index contributed by atoms with van der Waals surface area (Å²) < 4.78 is 0. The summed E-state index contributed by atoms with van der Waals surface area (Å²) in [6.07, 6.45) is 3.82. The van der Waals surface area contributed by atoms with Gasteiger partial charge in [0.2, 0.25) is 0 Å². The standard InChI is InChI=1S/C20H19N3/c1-2-9-18-15(5-1)6-3-7-16(18)10-11-17-8-4-12-21-19(17)20-22-13-14-23-20/h1-9,12H,10-11,13-14H2,(H,22,23). The second-order valence-corrected chi connectivity index (χ2v) is 5.81. The van der Waals surface area contributed by atoms with E-state index in [1.54, 1.807) is 0 Å². The van der Waals surface area contributed by atoms with E-state index in [-0.39, 0.29) is 0 Å². The molecule has 3 nitrogen and oxygen atoms in total. The number of fused-ring (bicyclic) bond motifs is 1. The van der Waals surface area contributed by atoms with Crippen LogP contribution in [0.15, 0.2) is 65.8 Å². The van der Waals surface area contributed by atoms with Crippen LogP contribution in [-0.4, -0.2) is 23.9 Å². The highest BCUT2D eigenvalue weighted by Crippen LogP contribution is 2.21. The predicted molar refractivity (Wildman–Crippen MR) is 95.0 cm³/mol. The third-order valence-corrected chi connectivity index (χ3v) is 4.33. The van der Waals surface area contributed by atoms with Crippen molar-refractivity contribution < 1.29 is 0 Å². The summed E-state index contributed by atoms with van der Waals surface area (Å²) in [7, 11) is 0. The average Bonchev–Trinajstić information content (AvgIpc) is 3.14. The number of pyridine rings is 1. The molecule has 3 aromatic rings. The molecule has 3 heteroatoms. The third kappa shape index (κ3) is 2.82. The minimum atomic E-state index is 0.842. The maximum Gasteiger partial charge on any atom is 0.147 e. The first kappa shape index (κ1) is 13.9. The number of rotatable bonds is 4. The molecule has 1 aliphatic rings. The van der Waals surface area contributed by atoms with E-state index in [1.807, 2.05) is 12.3 Å². The van der Waals surface area contributed by atoms with Gasteiger partial charge < -0.3 is 5.32 Å². The van der Waals surface area contributed by atoms with Crippen molar-refractivity contribution in [3.05, 3.63) is 77.6 Å². The molecule has 0 amide bonds. The molecule has 0 atom stereocenters. The molecule has 0 saturated carbocycles. The lowest BCUT2D eigenvalue weighted by Gasteiger charge is -2.10. The Balaban J connectivity index is 1.62. The Bertz CT molecular complexity index is 862. The van der Waals surface area contributed by atoms with E-state index < -0.39 is 0 Å². The second kappa shape index (κ2) is 6.21. The summed E-state index contributed by atoms with van der Waals surface area (Å²) in [5, 5.41) is 5.98. The Morgan fingerprint density at radius 3 is 2.61 bits per heavy atom. The van der Waals surface area contributed by atoms with Gasteiger partial charge >= 0.3 is 0 Å². The van der Waals surface area contributed by atoms with Crippen LogP contribution in [0.1, 0.15) is 16.8 Å². The minimum absolute atomic E-state index is 0.842. The number of amidine groups is 1. The van der Waals surface area contributed by atoms with Crippen molar-refractivity contribution in [3.8, 4) is 0 Å². The van der Waals surface area contributed by atoms with E-state index in [0.717, 1.165) is 37.5 Å². The largest absolute Gasteiger partial charge is 0.367 e. The Hall–Kier alpha value is -2.68. The van der Waals surface area contributed by atoms with Crippen molar-refractivity contribution in [2.45, 2.75) is 12.8 Å². The van der Waals surface area contributed by atoms with Gasteiger partial charge in [-0.2, -0.15) is 0 Å². The van der Waals surface area contributed by atoms with E-state index in [2.05, 4.69) is 63.8 Å². The summed E-state index contributed by atoms with van der Waals surface area (Å²) in [6.45, 7) is 1.75. The number of nitrogens with zero attached hydrogens (tertiary/aromatic N) is 2. The van der Waals surface area contributed by atoms with Crippen LogP contribution in [0.2, 0.25) is 0 Å². The molecule has 23 heavy (non-hydrogen) atoms. The Kier molecular flexibility index (Phi) is 3.76. The van der Waals surface area contributed by atoms with Crippen molar-refractivity contribution in [1.82, 2.24) is 10.3 Å². The van der Waals surface area contributed by atoms with Gasteiger partial charge in [0.1, 0.15) is 11.5 Å². The monoisotopic (exact) mass is 301 g/mol. The highest BCUT2D eigenvalue weighted by Gasteiger charge is 2.13. The molecular weight excluding hydrogens is 282 g/mol. The van der Waals surface area contributed by atoms with Crippen LogP contribution < -0.4 is 5.32 Å². The molecule has 4 rings (SSSR count). The van der Waals surface area contributed by atoms with Crippen molar-refractivity contribution >= 4 is 16.6 Å². The van der Waals surface area contributed by atoms with Crippen molar-refractivity contribution in [2.75, 3.05) is 13.1 Å².